The molecule has 6 heteroatoms. The Bertz CT molecular complexity index is 387. The molecule has 0 radical (unpaired) electrons. The summed E-state index contributed by atoms with van der Waals surface area (Å²) in [7, 11) is 0. The van der Waals surface area contributed by atoms with Gasteiger partial charge < -0.3 is 30.8 Å². The van der Waals surface area contributed by atoms with Gasteiger partial charge in [-0.05, 0) is 24.6 Å². The first-order valence-electron chi connectivity index (χ1n) is 6.09. The molecule has 19 heavy (non-hydrogen) atoms. The molecular formula is C13H21NO5. The fraction of sp³-hybridized carbons (Fsp3) is 0.538. The van der Waals surface area contributed by atoms with E-state index < -0.39 is 31.0 Å². The standard InChI is InChI=1S/C13H21NO5/c1-8-3-2-4-9(5-8)14-6-10(16)12(18)13(19)11(17)7-15/h2-5,10-19H,6-7H2,1H3/t10-,11+,12+,13+/m0/s1. The van der Waals surface area contributed by atoms with Crippen molar-refractivity contribution in [2.75, 3.05) is 18.5 Å². The number of benzene rings is 1. The highest BCUT2D eigenvalue weighted by Crippen LogP contribution is 2.11. The Morgan fingerprint density at radius 1 is 1.05 bits per heavy atom. The molecular weight excluding hydrogens is 250 g/mol. The van der Waals surface area contributed by atoms with Gasteiger partial charge in [0.2, 0.25) is 0 Å². The zero-order chi connectivity index (χ0) is 14.4. The molecule has 0 aromatic heterocycles. The Labute approximate surface area is 112 Å². The van der Waals surface area contributed by atoms with Gasteiger partial charge in [0.1, 0.15) is 18.3 Å². The summed E-state index contributed by atoms with van der Waals surface area (Å²) in [5, 5.41) is 49.5. The maximum Gasteiger partial charge on any atom is 0.111 e. The lowest BCUT2D eigenvalue weighted by molar-refractivity contribution is -0.111. The Morgan fingerprint density at radius 2 is 1.68 bits per heavy atom. The number of rotatable bonds is 7. The molecule has 1 aromatic carbocycles. The third-order valence-electron chi connectivity index (χ3n) is 2.86. The maximum atomic E-state index is 9.70. The molecule has 108 valence electrons. The summed E-state index contributed by atoms with van der Waals surface area (Å²) in [4.78, 5) is 0. The minimum absolute atomic E-state index is 0.0137. The van der Waals surface area contributed by atoms with Gasteiger partial charge in [-0.1, -0.05) is 12.1 Å². The van der Waals surface area contributed by atoms with Crippen molar-refractivity contribution in [1.82, 2.24) is 0 Å². The first kappa shape index (κ1) is 15.9. The zero-order valence-corrected chi connectivity index (χ0v) is 10.8. The molecule has 1 rings (SSSR count). The Kier molecular flexibility index (Phi) is 6.20. The summed E-state index contributed by atoms with van der Waals surface area (Å²) < 4.78 is 0. The van der Waals surface area contributed by atoms with Gasteiger partial charge in [0.15, 0.2) is 0 Å². The predicted octanol–water partition coefficient (Wildman–Crippen LogP) is -1.16. The lowest BCUT2D eigenvalue weighted by Crippen LogP contribution is -2.48. The lowest BCUT2D eigenvalue weighted by Gasteiger charge is -2.26. The van der Waals surface area contributed by atoms with Crippen LogP contribution in [-0.4, -0.2) is 63.1 Å². The van der Waals surface area contributed by atoms with E-state index in [4.69, 9.17) is 5.11 Å². The fourth-order valence-electron chi connectivity index (χ4n) is 1.66. The van der Waals surface area contributed by atoms with E-state index in [9.17, 15) is 20.4 Å². The highest BCUT2D eigenvalue weighted by molar-refractivity contribution is 5.45. The van der Waals surface area contributed by atoms with Crippen LogP contribution in [0.15, 0.2) is 24.3 Å². The second kappa shape index (κ2) is 7.42. The van der Waals surface area contributed by atoms with Crippen LogP contribution >= 0.6 is 0 Å². The Morgan fingerprint density at radius 3 is 2.26 bits per heavy atom. The van der Waals surface area contributed by atoms with Crippen molar-refractivity contribution in [2.24, 2.45) is 0 Å². The van der Waals surface area contributed by atoms with Gasteiger partial charge in [-0.2, -0.15) is 0 Å². The van der Waals surface area contributed by atoms with Crippen LogP contribution in [0.5, 0.6) is 0 Å². The van der Waals surface area contributed by atoms with Gasteiger partial charge in [0, 0.05) is 12.2 Å². The molecule has 1 aromatic rings. The number of nitrogens with one attached hydrogen (secondary N) is 1. The first-order chi connectivity index (χ1) is 8.95. The maximum absolute atomic E-state index is 9.70. The quantitative estimate of drug-likeness (QED) is 0.373. The van der Waals surface area contributed by atoms with E-state index in [0.29, 0.717) is 0 Å². The summed E-state index contributed by atoms with van der Waals surface area (Å²) in [6.07, 6.45) is -5.89. The van der Waals surface area contributed by atoms with E-state index in [2.05, 4.69) is 5.32 Å². The van der Waals surface area contributed by atoms with Crippen molar-refractivity contribution in [3.8, 4) is 0 Å². The van der Waals surface area contributed by atoms with Crippen LogP contribution in [0.1, 0.15) is 5.56 Å². The molecule has 0 amide bonds. The fourth-order valence-corrected chi connectivity index (χ4v) is 1.66. The van der Waals surface area contributed by atoms with Gasteiger partial charge in [-0.25, -0.2) is 0 Å². The van der Waals surface area contributed by atoms with Crippen molar-refractivity contribution >= 4 is 5.69 Å². The van der Waals surface area contributed by atoms with Crippen LogP contribution in [-0.2, 0) is 0 Å². The van der Waals surface area contributed by atoms with Crippen molar-refractivity contribution in [3.05, 3.63) is 29.8 Å². The van der Waals surface area contributed by atoms with Crippen molar-refractivity contribution < 1.29 is 25.5 Å². The average molecular weight is 271 g/mol. The number of aliphatic hydroxyl groups excluding tert-OH is 5. The molecule has 0 unspecified atom stereocenters. The molecule has 4 atom stereocenters. The third-order valence-corrected chi connectivity index (χ3v) is 2.86. The molecule has 0 aliphatic carbocycles. The van der Waals surface area contributed by atoms with Crippen LogP contribution < -0.4 is 5.32 Å². The first-order valence-corrected chi connectivity index (χ1v) is 6.09. The highest BCUT2D eigenvalue weighted by atomic mass is 16.4. The topological polar surface area (TPSA) is 113 Å². The molecule has 6 nitrogen and oxygen atoms in total. The Balaban J connectivity index is 2.48. The van der Waals surface area contributed by atoms with E-state index in [1.807, 2.05) is 31.2 Å². The summed E-state index contributed by atoms with van der Waals surface area (Å²) in [5.41, 5.74) is 1.83. The molecule has 0 spiro atoms. The van der Waals surface area contributed by atoms with E-state index in [-0.39, 0.29) is 6.54 Å². The smallest absolute Gasteiger partial charge is 0.111 e. The van der Waals surface area contributed by atoms with Crippen LogP contribution in [0, 0.1) is 6.92 Å². The van der Waals surface area contributed by atoms with E-state index in [0.717, 1.165) is 11.3 Å². The minimum atomic E-state index is -1.60. The number of aliphatic hydroxyl groups is 5. The van der Waals surface area contributed by atoms with Gasteiger partial charge >= 0.3 is 0 Å². The van der Waals surface area contributed by atoms with Crippen LogP contribution in [0.25, 0.3) is 0 Å². The summed E-state index contributed by atoms with van der Waals surface area (Å²) in [5.74, 6) is 0. The van der Waals surface area contributed by atoms with E-state index in [1.54, 1.807) is 0 Å². The van der Waals surface area contributed by atoms with Crippen molar-refractivity contribution in [1.29, 1.82) is 0 Å². The molecule has 0 aliphatic rings. The molecule has 6 N–H and O–H groups in total. The summed E-state index contributed by atoms with van der Waals surface area (Å²) in [6, 6.07) is 7.46. The van der Waals surface area contributed by atoms with Gasteiger partial charge in [-0.3, -0.25) is 0 Å². The molecule has 0 fully saturated rings. The monoisotopic (exact) mass is 271 g/mol. The number of hydrogen-bond acceptors (Lipinski definition) is 6. The van der Waals surface area contributed by atoms with Crippen molar-refractivity contribution in [2.45, 2.75) is 31.3 Å². The van der Waals surface area contributed by atoms with Crippen LogP contribution in [0.4, 0.5) is 5.69 Å². The summed E-state index contributed by atoms with van der Waals surface area (Å²) in [6.45, 7) is 1.26. The number of anilines is 1. The molecule has 0 aliphatic heterocycles. The second-order valence-corrected chi connectivity index (χ2v) is 4.55. The SMILES string of the molecule is Cc1cccc(NC[C@H](O)[C@@H](O)[C@H](O)[C@H](O)CO)c1. The predicted molar refractivity (Wildman–Crippen MR) is 70.8 cm³/mol. The lowest BCUT2D eigenvalue weighted by atomic mass is 10.0. The minimum Gasteiger partial charge on any atom is -0.394 e. The normalized spacial score (nSPS) is 17.6. The zero-order valence-electron chi connectivity index (χ0n) is 10.8. The van der Waals surface area contributed by atoms with Crippen molar-refractivity contribution in [3.63, 3.8) is 0 Å². The highest BCUT2D eigenvalue weighted by Gasteiger charge is 2.29. The van der Waals surface area contributed by atoms with Gasteiger partial charge in [0.05, 0.1) is 12.7 Å². The van der Waals surface area contributed by atoms with E-state index in [1.165, 1.54) is 0 Å². The second-order valence-electron chi connectivity index (χ2n) is 4.55. The van der Waals surface area contributed by atoms with Gasteiger partial charge in [-0.15, -0.1) is 0 Å². The largest absolute Gasteiger partial charge is 0.394 e. The number of hydrogen-bond donors (Lipinski definition) is 6. The van der Waals surface area contributed by atoms with E-state index >= 15 is 0 Å². The summed E-state index contributed by atoms with van der Waals surface area (Å²) >= 11 is 0. The van der Waals surface area contributed by atoms with Crippen LogP contribution in [0.2, 0.25) is 0 Å². The van der Waals surface area contributed by atoms with Crippen LogP contribution in [0.3, 0.4) is 0 Å². The third kappa shape index (κ3) is 4.77. The average Bonchev–Trinajstić information content (AvgIpc) is 2.42. The molecule has 0 saturated heterocycles. The Hall–Kier alpha value is -1.18. The number of aryl methyl sites for hydroxylation is 1. The molecule has 0 bridgehead atoms. The molecule has 0 heterocycles. The molecule has 0 saturated carbocycles. The van der Waals surface area contributed by atoms with Gasteiger partial charge in [0.25, 0.3) is 0 Å².